The molecule has 30 heavy (non-hydrogen) atoms. The molecule has 1 amide bonds. The number of morpholine rings is 1. The number of hydrogen-bond donors (Lipinski definition) is 1. The third-order valence-corrected chi connectivity index (χ3v) is 7.52. The molecule has 1 aliphatic heterocycles. The fourth-order valence-corrected chi connectivity index (χ4v) is 5.26. The van der Waals surface area contributed by atoms with Crippen LogP contribution in [0.5, 0.6) is 0 Å². The molecule has 0 aliphatic carbocycles. The number of aromatic nitrogens is 2. The van der Waals surface area contributed by atoms with E-state index in [0.29, 0.717) is 36.5 Å². The van der Waals surface area contributed by atoms with E-state index in [4.69, 9.17) is 4.74 Å². The zero-order chi connectivity index (χ0) is 21.1. The summed E-state index contributed by atoms with van der Waals surface area (Å²) in [5.74, 6) is -0.335. The van der Waals surface area contributed by atoms with Crippen molar-refractivity contribution >= 4 is 37.5 Å². The first kappa shape index (κ1) is 20.7. The summed E-state index contributed by atoms with van der Waals surface area (Å²) in [5.41, 5.74) is 0.497. The number of thiophene rings is 1. The van der Waals surface area contributed by atoms with Gasteiger partial charge in [-0.25, -0.2) is 13.4 Å². The number of benzene rings is 1. The van der Waals surface area contributed by atoms with E-state index in [9.17, 15) is 18.0 Å². The summed E-state index contributed by atoms with van der Waals surface area (Å²) in [6.45, 7) is 1.54. The normalized spacial score (nSPS) is 15.3. The number of carbonyl (C=O) groups is 1. The van der Waals surface area contributed by atoms with Crippen LogP contribution in [-0.2, 0) is 32.6 Å². The third kappa shape index (κ3) is 4.29. The van der Waals surface area contributed by atoms with Gasteiger partial charge in [-0.05, 0) is 29.1 Å². The summed E-state index contributed by atoms with van der Waals surface area (Å²) < 4.78 is 33.1. The number of nitrogens with one attached hydrogen (secondary N) is 1. The average molecular weight is 449 g/mol. The molecule has 2 aromatic heterocycles. The van der Waals surface area contributed by atoms with Gasteiger partial charge in [0.1, 0.15) is 11.4 Å². The van der Waals surface area contributed by atoms with Gasteiger partial charge in [0.25, 0.3) is 5.56 Å². The Kier molecular flexibility index (Phi) is 5.95. The van der Waals surface area contributed by atoms with Crippen molar-refractivity contribution in [1.29, 1.82) is 0 Å². The molecule has 158 valence electrons. The van der Waals surface area contributed by atoms with Gasteiger partial charge in [0.15, 0.2) is 0 Å². The van der Waals surface area contributed by atoms with Crippen LogP contribution in [0.3, 0.4) is 0 Å². The Morgan fingerprint density at radius 3 is 2.63 bits per heavy atom. The van der Waals surface area contributed by atoms with Crippen LogP contribution in [-0.4, -0.2) is 54.5 Å². The van der Waals surface area contributed by atoms with Crippen molar-refractivity contribution in [3.05, 3.63) is 58.0 Å². The molecule has 1 aliphatic rings. The van der Waals surface area contributed by atoms with Crippen LogP contribution in [0.1, 0.15) is 5.56 Å². The van der Waals surface area contributed by atoms with Gasteiger partial charge in [-0.15, -0.1) is 11.3 Å². The zero-order valence-electron chi connectivity index (χ0n) is 16.0. The van der Waals surface area contributed by atoms with Crippen molar-refractivity contribution in [1.82, 2.24) is 19.2 Å². The largest absolute Gasteiger partial charge is 0.379 e. The summed E-state index contributed by atoms with van der Waals surface area (Å²) in [6, 6.07) is 8.09. The average Bonchev–Trinajstić information content (AvgIpc) is 3.25. The first-order valence-electron chi connectivity index (χ1n) is 9.31. The van der Waals surface area contributed by atoms with E-state index in [0.717, 1.165) is 5.56 Å². The predicted octanol–water partition coefficient (Wildman–Crippen LogP) is 0.795. The van der Waals surface area contributed by atoms with Crippen molar-refractivity contribution in [2.75, 3.05) is 26.3 Å². The highest BCUT2D eigenvalue weighted by atomic mass is 32.2. The molecule has 0 atom stereocenters. The van der Waals surface area contributed by atoms with Crippen LogP contribution in [0.25, 0.3) is 10.2 Å². The molecule has 0 radical (unpaired) electrons. The van der Waals surface area contributed by atoms with Crippen molar-refractivity contribution in [3.63, 3.8) is 0 Å². The molecule has 0 saturated carbocycles. The lowest BCUT2D eigenvalue weighted by molar-refractivity contribution is -0.121. The van der Waals surface area contributed by atoms with Gasteiger partial charge in [0.2, 0.25) is 15.9 Å². The standard InChI is InChI=1S/C19H20N4O5S2/c24-17(12-22-13-21-18-16(19(22)25)5-10-29-18)20-11-14-1-3-15(4-2-14)30(26,27)23-6-8-28-9-7-23/h1-5,10,13H,6-9,11-12H2,(H,20,24). The molecule has 0 bridgehead atoms. The molecule has 1 fully saturated rings. The van der Waals surface area contributed by atoms with E-state index in [-0.39, 0.29) is 29.5 Å². The highest BCUT2D eigenvalue weighted by molar-refractivity contribution is 7.89. The highest BCUT2D eigenvalue weighted by Gasteiger charge is 2.26. The van der Waals surface area contributed by atoms with Crippen LogP contribution in [0.15, 0.2) is 51.7 Å². The number of fused-ring (bicyclic) bond motifs is 1. The second-order valence-corrected chi connectivity index (χ2v) is 9.59. The number of amides is 1. The minimum absolute atomic E-state index is 0.138. The summed E-state index contributed by atoms with van der Waals surface area (Å²) in [4.78, 5) is 29.6. The lowest BCUT2D eigenvalue weighted by atomic mass is 10.2. The van der Waals surface area contributed by atoms with E-state index in [1.807, 2.05) is 0 Å². The summed E-state index contributed by atoms with van der Waals surface area (Å²) in [6.07, 6.45) is 1.37. The maximum atomic E-state index is 12.6. The Labute approximate surface area is 177 Å². The fraction of sp³-hybridized carbons (Fsp3) is 0.316. The van der Waals surface area contributed by atoms with E-state index >= 15 is 0 Å². The Hall–Kier alpha value is -2.60. The van der Waals surface area contributed by atoms with Gasteiger partial charge in [-0.3, -0.25) is 14.2 Å². The predicted molar refractivity (Wildman–Crippen MR) is 112 cm³/mol. The number of hydrogen-bond acceptors (Lipinski definition) is 7. The maximum absolute atomic E-state index is 12.6. The fourth-order valence-electron chi connectivity index (χ4n) is 3.13. The van der Waals surface area contributed by atoms with E-state index in [1.54, 1.807) is 23.6 Å². The highest BCUT2D eigenvalue weighted by Crippen LogP contribution is 2.18. The second-order valence-electron chi connectivity index (χ2n) is 6.75. The SMILES string of the molecule is O=C(Cn1cnc2sccc2c1=O)NCc1ccc(S(=O)(=O)N2CCOCC2)cc1. The van der Waals surface area contributed by atoms with Crippen molar-refractivity contribution in [2.45, 2.75) is 18.0 Å². The van der Waals surface area contributed by atoms with Crippen molar-refractivity contribution < 1.29 is 17.9 Å². The number of carbonyl (C=O) groups excluding carboxylic acids is 1. The third-order valence-electron chi connectivity index (χ3n) is 4.79. The Bertz CT molecular complexity index is 1210. The summed E-state index contributed by atoms with van der Waals surface area (Å²) >= 11 is 1.37. The monoisotopic (exact) mass is 448 g/mol. The molecule has 1 N–H and O–H groups in total. The van der Waals surface area contributed by atoms with Gasteiger partial charge in [0.05, 0.1) is 29.8 Å². The molecule has 3 heterocycles. The molecule has 9 nitrogen and oxygen atoms in total. The lowest BCUT2D eigenvalue weighted by Crippen LogP contribution is -2.40. The number of nitrogens with zero attached hydrogens (tertiary/aromatic N) is 3. The Balaban J connectivity index is 1.37. The van der Waals surface area contributed by atoms with Crippen LogP contribution in [0, 0.1) is 0 Å². The molecule has 0 unspecified atom stereocenters. The minimum Gasteiger partial charge on any atom is -0.379 e. The first-order valence-corrected chi connectivity index (χ1v) is 11.6. The molecular formula is C19H20N4O5S2. The molecule has 1 saturated heterocycles. The molecule has 3 aromatic rings. The van der Waals surface area contributed by atoms with E-state index < -0.39 is 10.0 Å². The maximum Gasteiger partial charge on any atom is 0.262 e. The van der Waals surface area contributed by atoms with Crippen LogP contribution in [0.2, 0.25) is 0 Å². The van der Waals surface area contributed by atoms with E-state index in [1.165, 1.54) is 38.7 Å². The van der Waals surface area contributed by atoms with Gasteiger partial charge in [0, 0.05) is 19.6 Å². The van der Waals surface area contributed by atoms with Crippen molar-refractivity contribution in [2.24, 2.45) is 0 Å². The number of rotatable bonds is 6. The Morgan fingerprint density at radius 2 is 1.90 bits per heavy atom. The first-order chi connectivity index (χ1) is 14.4. The summed E-state index contributed by atoms with van der Waals surface area (Å²) in [5, 5.41) is 5.01. The lowest BCUT2D eigenvalue weighted by Gasteiger charge is -2.26. The van der Waals surface area contributed by atoms with Crippen LogP contribution >= 0.6 is 11.3 Å². The van der Waals surface area contributed by atoms with Crippen molar-refractivity contribution in [3.8, 4) is 0 Å². The molecule has 0 spiro atoms. The quantitative estimate of drug-likeness (QED) is 0.597. The van der Waals surface area contributed by atoms with Crippen LogP contribution < -0.4 is 10.9 Å². The zero-order valence-corrected chi connectivity index (χ0v) is 17.6. The molecular weight excluding hydrogens is 428 g/mol. The molecule has 11 heteroatoms. The molecule has 4 rings (SSSR count). The minimum atomic E-state index is -3.55. The Morgan fingerprint density at radius 1 is 1.17 bits per heavy atom. The number of sulfonamides is 1. The molecule has 1 aromatic carbocycles. The van der Waals surface area contributed by atoms with E-state index in [2.05, 4.69) is 10.3 Å². The topological polar surface area (TPSA) is 111 Å². The van der Waals surface area contributed by atoms with Gasteiger partial charge in [-0.2, -0.15) is 4.31 Å². The number of ether oxygens (including phenoxy) is 1. The van der Waals surface area contributed by atoms with Gasteiger partial charge in [-0.1, -0.05) is 12.1 Å². The summed E-state index contributed by atoms with van der Waals surface area (Å²) in [7, 11) is -3.55. The van der Waals surface area contributed by atoms with Crippen LogP contribution in [0.4, 0.5) is 0 Å². The van der Waals surface area contributed by atoms with Gasteiger partial charge >= 0.3 is 0 Å². The second kappa shape index (κ2) is 8.64. The van der Waals surface area contributed by atoms with Gasteiger partial charge < -0.3 is 10.1 Å². The smallest absolute Gasteiger partial charge is 0.262 e.